The summed E-state index contributed by atoms with van der Waals surface area (Å²) < 4.78 is 0.317. The van der Waals surface area contributed by atoms with Gasteiger partial charge in [-0.15, -0.1) is 0 Å². The number of halogens is 1. The maximum atomic E-state index is 10.7. The number of hydrogen-bond acceptors (Lipinski definition) is 2. The lowest BCUT2D eigenvalue weighted by molar-refractivity contribution is -0.138. The van der Waals surface area contributed by atoms with Crippen molar-refractivity contribution < 1.29 is 19.8 Å². The topological polar surface area (TPSA) is 74.6 Å². The normalized spacial score (nSPS) is 13.4. The zero-order valence-corrected chi connectivity index (χ0v) is 34.6. The van der Waals surface area contributed by atoms with E-state index in [2.05, 4.69) is 29.8 Å². The van der Waals surface area contributed by atoms with Gasteiger partial charge in [0.1, 0.15) is 0 Å². The molecule has 2 atom stereocenters. The predicted molar refractivity (Wildman–Crippen MR) is 217 cm³/mol. The first-order chi connectivity index (χ1) is 23.9. The number of alkyl halides is 1. The fourth-order valence-electron chi connectivity index (χ4n) is 7.76. The van der Waals surface area contributed by atoms with Crippen LogP contribution in [-0.2, 0) is 9.59 Å². The maximum absolute atomic E-state index is 10.7. The van der Waals surface area contributed by atoms with Gasteiger partial charge in [0.15, 0.2) is 0 Å². The van der Waals surface area contributed by atoms with Gasteiger partial charge < -0.3 is 10.2 Å². The van der Waals surface area contributed by atoms with Crippen molar-refractivity contribution in [1.29, 1.82) is 0 Å². The molecule has 2 N–H and O–H groups in total. The molecule has 2 unspecified atom stereocenters. The second-order valence-electron chi connectivity index (χ2n) is 15.7. The van der Waals surface area contributed by atoms with Crippen molar-refractivity contribution in [3.8, 4) is 0 Å². The zero-order valence-electron chi connectivity index (χ0n) is 33.0. The summed E-state index contributed by atoms with van der Waals surface area (Å²) in [4.78, 5) is 21.4. The molecule has 0 bridgehead atoms. The van der Waals surface area contributed by atoms with Crippen LogP contribution in [0, 0.1) is 5.92 Å². The van der Waals surface area contributed by atoms with E-state index >= 15 is 0 Å². The van der Waals surface area contributed by atoms with Crippen molar-refractivity contribution >= 4 is 27.9 Å². The van der Waals surface area contributed by atoms with Crippen molar-refractivity contribution in [2.75, 3.05) is 0 Å². The van der Waals surface area contributed by atoms with Gasteiger partial charge in [0.05, 0.1) is 0 Å². The third-order valence-corrected chi connectivity index (χ3v) is 12.5. The van der Waals surface area contributed by atoms with Crippen molar-refractivity contribution in [2.45, 2.75) is 262 Å². The maximum Gasteiger partial charge on any atom is 0.303 e. The lowest BCUT2D eigenvalue weighted by Gasteiger charge is -2.37. The minimum atomic E-state index is -0.657. The van der Waals surface area contributed by atoms with Gasteiger partial charge in [-0.1, -0.05) is 222 Å². The third-order valence-electron chi connectivity index (χ3n) is 11.0. The molecule has 0 aromatic heterocycles. The number of unbranched alkanes of at least 4 members (excludes halogenated alkanes) is 28. The molecule has 0 fully saturated rings. The Kier molecular flexibility index (Phi) is 36.7. The largest absolute Gasteiger partial charge is 0.481 e. The Morgan fingerprint density at radius 3 is 0.939 bits per heavy atom. The summed E-state index contributed by atoms with van der Waals surface area (Å²) in [5.41, 5.74) is 0. The van der Waals surface area contributed by atoms with E-state index in [-0.39, 0.29) is 0 Å². The Bertz CT molecular complexity index is 713. The number of rotatable bonds is 41. The molecular formula is C44H85BrO4. The molecule has 0 heterocycles. The second-order valence-corrected chi connectivity index (χ2v) is 17.3. The molecule has 0 saturated carbocycles. The van der Waals surface area contributed by atoms with Crippen LogP contribution in [0.2, 0.25) is 0 Å². The van der Waals surface area contributed by atoms with Gasteiger partial charge in [-0.2, -0.15) is 0 Å². The fourth-order valence-corrected chi connectivity index (χ4v) is 8.77. The fraction of sp³-hybridized carbons (Fsp3) is 0.955. The van der Waals surface area contributed by atoms with Crippen molar-refractivity contribution in [2.24, 2.45) is 5.92 Å². The lowest BCUT2D eigenvalue weighted by Crippen LogP contribution is -2.32. The highest BCUT2D eigenvalue weighted by atomic mass is 79.9. The highest BCUT2D eigenvalue weighted by Gasteiger charge is 2.34. The quantitative estimate of drug-likeness (QED) is 0.0481. The summed E-state index contributed by atoms with van der Waals surface area (Å²) in [6.07, 6.45) is 47.8. The first kappa shape index (κ1) is 48.4. The van der Waals surface area contributed by atoms with Gasteiger partial charge in [0, 0.05) is 17.2 Å². The summed E-state index contributed by atoms with van der Waals surface area (Å²) in [5.74, 6) is -0.507. The van der Waals surface area contributed by atoms with Gasteiger partial charge in [-0.25, -0.2) is 0 Å². The number of hydrogen-bond donors (Lipinski definition) is 2. The predicted octanol–water partition coefficient (Wildman–Crippen LogP) is 15.8. The number of aliphatic carboxylic acids is 2. The Hall–Kier alpha value is -0.580. The van der Waals surface area contributed by atoms with Crippen LogP contribution >= 0.6 is 15.9 Å². The molecule has 0 saturated heterocycles. The molecule has 292 valence electrons. The highest BCUT2D eigenvalue weighted by Crippen LogP contribution is 2.44. The summed E-state index contributed by atoms with van der Waals surface area (Å²) in [5, 5.41) is 17.6. The van der Waals surface area contributed by atoms with E-state index in [1.165, 1.54) is 205 Å². The molecule has 0 aliphatic rings. The van der Waals surface area contributed by atoms with E-state index in [9.17, 15) is 9.59 Å². The monoisotopic (exact) mass is 757 g/mol. The van der Waals surface area contributed by atoms with Crippen LogP contribution in [0.1, 0.15) is 258 Å². The van der Waals surface area contributed by atoms with Crippen LogP contribution in [0.4, 0.5) is 0 Å². The minimum Gasteiger partial charge on any atom is -0.481 e. The Labute approximate surface area is 314 Å². The van der Waals surface area contributed by atoms with Gasteiger partial charge in [-0.05, 0) is 44.4 Å². The van der Waals surface area contributed by atoms with E-state index in [4.69, 9.17) is 10.2 Å². The average molecular weight is 758 g/mol. The standard InChI is InChI=1S/C44H85BrO4/c1-3-5-7-9-23-29-35-41(36-30-24-19-15-11-12-16-20-25-31-37-42(46)47)44(45,39-33-27-10-8-6-4-2)40-34-28-22-18-14-13-17-21-26-32-38-43(48)49/h41H,3-40H2,1-2H3,(H,46,47)(H,48,49). The van der Waals surface area contributed by atoms with Crippen LogP contribution in [0.5, 0.6) is 0 Å². The molecule has 4 nitrogen and oxygen atoms in total. The highest BCUT2D eigenvalue weighted by molar-refractivity contribution is 9.10. The molecule has 0 rings (SSSR count). The number of carbonyl (C=O) groups is 2. The second kappa shape index (κ2) is 37.2. The van der Waals surface area contributed by atoms with Crippen LogP contribution in [0.25, 0.3) is 0 Å². The molecule has 0 aliphatic heterocycles. The number of carboxylic acids is 2. The van der Waals surface area contributed by atoms with E-state index in [1.54, 1.807) is 0 Å². The first-order valence-corrected chi connectivity index (χ1v) is 22.8. The Balaban J connectivity index is 4.77. The Morgan fingerprint density at radius 1 is 0.408 bits per heavy atom. The lowest BCUT2D eigenvalue weighted by atomic mass is 9.77. The zero-order chi connectivity index (χ0) is 36.1. The third kappa shape index (κ3) is 34.3. The van der Waals surface area contributed by atoms with Crippen molar-refractivity contribution in [3.63, 3.8) is 0 Å². The van der Waals surface area contributed by atoms with E-state index in [1.807, 2.05) is 0 Å². The van der Waals surface area contributed by atoms with E-state index in [0.29, 0.717) is 17.2 Å². The van der Waals surface area contributed by atoms with Crippen LogP contribution in [0.15, 0.2) is 0 Å². The summed E-state index contributed by atoms with van der Waals surface area (Å²) in [6.45, 7) is 4.63. The molecular weight excluding hydrogens is 672 g/mol. The van der Waals surface area contributed by atoms with Gasteiger partial charge in [0.25, 0.3) is 0 Å². The van der Waals surface area contributed by atoms with Crippen molar-refractivity contribution in [3.05, 3.63) is 0 Å². The van der Waals surface area contributed by atoms with Crippen LogP contribution in [-0.4, -0.2) is 26.5 Å². The molecule has 5 heteroatoms. The summed E-state index contributed by atoms with van der Waals surface area (Å²) >= 11 is 4.53. The molecule has 0 amide bonds. The van der Waals surface area contributed by atoms with E-state index < -0.39 is 11.9 Å². The average Bonchev–Trinajstić information content (AvgIpc) is 3.07. The first-order valence-electron chi connectivity index (χ1n) is 22.0. The summed E-state index contributed by atoms with van der Waals surface area (Å²) in [6, 6.07) is 0. The molecule has 49 heavy (non-hydrogen) atoms. The molecule has 0 aromatic carbocycles. The minimum absolute atomic E-state index is 0.317. The smallest absolute Gasteiger partial charge is 0.303 e. The molecule has 0 aromatic rings. The number of carboxylic acid groups (broad SMARTS) is 2. The Morgan fingerprint density at radius 2 is 0.653 bits per heavy atom. The molecule has 0 spiro atoms. The molecule has 0 radical (unpaired) electrons. The van der Waals surface area contributed by atoms with E-state index in [0.717, 1.165) is 31.6 Å². The van der Waals surface area contributed by atoms with Crippen LogP contribution < -0.4 is 0 Å². The summed E-state index contributed by atoms with van der Waals surface area (Å²) in [7, 11) is 0. The molecule has 0 aliphatic carbocycles. The SMILES string of the molecule is CCCCCCCCC(CCCCCCCCCCCCC(=O)O)C(Br)(CCCCCCCC)CCCCCCCCCCCCC(=O)O. The van der Waals surface area contributed by atoms with Gasteiger partial charge in [0.2, 0.25) is 0 Å². The van der Waals surface area contributed by atoms with Gasteiger partial charge >= 0.3 is 11.9 Å². The van der Waals surface area contributed by atoms with Crippen molar-refractivity contribution in [1.82, 2.24) is 0 Å². The van der Waals surface area contributed by atoms with Crippen LogP contribution in [0.3, 0.4) is 0 Å². The van der Waals surface area contributed by atoms with Gasteiger partial charge in [-0.3, -0.25) is 9.59 Å².